The van der Waals surface area contributed by atoms with Crippen molar-refractivity contribution in [2.75, 3.05) is 20.7 Å². The quantitative estimate of drug-likeness (QED) is 0.370. The zero-order valence-corrected chi connectivity index (χ0v) is 20.2. The predicted molar refractivity (Wildman–Crippen MR) is 121 cm³/mol. The summed E-state index contributed by atoms with van der Waals surface area (Å²) in [7, 11) is 3.42. The lowest BCUT2D eigenvalue weighted by Gasteiger charge is -2.38. The number of hydrogen-bond acceptors (Lipinski definition) is 4. The maximum Gasteiger partial charge on any atom is 0.222 e. The van der Waals surface area contributed by atoms with Crippen molar-refractivity contribution in [3.8, 4) is 0 Å². The maximum absolute atomic E-state index is 12.6. The summed E-state index contributed by atoms with van der Waals surface area (Å²) in [5.41, 5.74) is 5.26. The van der Waals surface area contributed by atoms with Gasteiger partial charge < -0.3 is 20.7 Å². The second-order valence-electron chi connectivity index (χ2n) is 8.96. The highest BCUT2D eigenvalue weighted by Gasteiger charge is 2.33. The number of likely N-dealkylation sites (N-methyl/N-ethyl adjacent to an activating group) is 1. The molecule has 0 fully saturated rings. The molecule has 0 radical (unpaired) electrons. The highest BCUT2D eigenvalue weighted by molar-refractivity contribution is 5.78. The molecule has 0 bridgehead atoms. The third kappa shape index (κ3) is 11.0. The molecule has 0 heterocycles. The summed E-state index contributed by atoms with van der Waals surface area (Å²) < 4.78 is 5.68. The van der Waals surface area contributed by atoms with E-state index in [4.69, 9.17) is 10.5 Å². The van der Waals surface area contributed by atoms with Crippen LogP contribution in [0.3, 0.4) is 0 Å². The standard InChI is InChI=1S/C23H45N3O4/c1-8-17(4)22(26(6)21(28)14-16(2)3)19(30-7)15-20(27)25-13-11-9-10-12-18(5)23(24)29/h16-19,22H,8-15H2,1-7H3,(H2,24,29)(H,25,27)/t17-,18+,19+,22-/m0/s1. The Balaban J connectivity index is 4.65. The SMILES string of the molecule is CC[C@H](C)[C@@H]([C@@H](CC(=O)NCCCCC[C@@H](C)C(N)=O)OC)N(C)C(=O)CC(C)C. The van der Waals surface area contributed by atoms with Crippen LogP contribution in [0.15, 0.2) is 0 Å². The summed E-state index contributed by atoms with van der Waals surface area (Å²) in [6.07, 6.45) is 4.75. The van der Waals surface area contributed by atoms with Gasteiger partial charge in [-0.1, -0.05) is 53.9 Å². The minimum Gasteiger partial charge on any atom is -0.379 e. The van der Waals surface area contributed by atoms with Crippen molar-refractivity contribution in [1.82, 2.24) is 10.2 Å². The zero-order chi connectivity index (χ0) is 23.3. The summed E-state index contributed by atoms with van der Waals surface area (Å²) in [4.78, 5) is 37.9. The third-order valence-corrected chi connectivity index (χ3v) is 5.84. The lowest BCUT2D eigenvalue weighted by molar-refractivity contribution is -0.139. The summed E-state index contributed by atoms with van der Waals surface area (Å²) >= 11 is 0. The van der Waals surface area contributed by atoms with Crippen LogP contribution in [0.4, 0.5) is 0 Å². The summed E-state index contributed by atoms with van der Waals surface area (Å²) in [5, 5.41) is 2.96. The van der Waals surface area contributed by atoms with Gasteiger partial charge in [-0.2, -0.15) is 0 Å². The Morgan fingerprint density at radius 3 is 2.17 bits per heavy atom. The number of unbranched alkanes of at least 4 members (excludes halogenated alkanes) is 2. The van der Waals surface area contributed by atoms with E-state index in [0.29, 0.717) is 13.0 Å². The van der Waals surface area contributed by atoms with Crippen molar-refractivity contribution in [3.05, 3.63) is 0 Å². The van der Waals surface area contributed by atoms with Crippen LogP contribution in [0.25, 0.3) is 0 Å². The van der Waals surface area contributed by atoms with E-state index >= 15 is 0 Å². The van der Waals surface area contributed by atoms with Gasteiger partial charge >= 0.3 is 0 Å². The van der Waals surface area contributed by atoms with E-state index in [-0.39, 0.29) is 54.0 Å². The summed E-state index contributed by atoms with van der Waals surface area (Å²) in [6, 6.07) is -0.146. The Labute approximate surface area is 183 Å². The molecular weight excluding hydrogens is 382 g/mol. The van der Waals surface area contributed by atoms with E-state index in [0.717, 1.165) is 32.1 Å². The fraction of sp³-hybridized carbons (Fsp3) is 0.870. The predicted octanol–water partition coefficient (Wildman–Crippen LogP) is 3.11. The number of carbonyl (C=O) groups is 3. The van der Waals surface area contributed by atoms with Gasteiger partial charge in [-0.05, 0) is 24.7 Å². The highest BCUT2D eigenvalue weighted by Crippen LogP contribution is 2.23. The molecule has 0 aliphatic heterocycles. The second kappa shape index (κ2) is 15.2. The Hall–Kier alpha value is -1.63. The molecular formula is C23H45N3O4. The first-order valence-electron chi connectivity index (χ1n) is 11.4. The van der Waals surface area contributed by atoms with Crippen LogP contribution < -0.4 is 11.1 Å². The molecule has 0 spiro atoms. The molecule has 0 aliphatic rings. The van der Waals surface area contributed by atoms with Crippen LogP contribution in [-0.2, 0) is 19.1 Å². The Kier molecular flexibility index (Phi) is 14.4. The van der Waals surface area contributed by atoms with Gasteiger partial charge in [0.25, 0.3) is 0 Å². The van der Waals surface area contributed by atoms with Gasteiger partial charge in [0.15, 0.2) is 0 Å². The lowest BCUT2D eigenvalue weighted by atomic mass is 9.90. The van der Waals surface area contributed by atoms with Gasteiger partial charge in [0.1, 0.15) is 0 Å². The monoisotopic (exact) mass is 427 g/mol. The molecule has 0 aromatic carbocycles. The number of methoxy groups -OCH3 is 1. The van der Waals surface area contributed by atoms with E-state index < -0.39 is 0 Å². The molecule has 0 rings (SSSR count). The average Bonchev–Trinajstić information content (AvgIpc) is 2.68. The number of ether oxygens (including phenoxy) is 1. The first-order chi connectivity index (χ1) is 14.0. The molecule has 0 saturated heterocycles. The van der Waals surface area contributed by atoms with Crippen molar-refractivity contribution >= 4 is 17.7 Å². The normalized spacial score (nSPS) is 15.3. The van der Waals surface area contributed by atoms with Gasteiger partial charge in [0, 0.05) is 33.0 Å². The number of amides is 3. The molecule has 0 saturated carbocycles. The number of nitrogens with two attached hydrogens (primary N) is 1. The Bertz CT molecular complexity index is 525. The average molecular weight is 428 g/mol. The van der Waals surface area contributed by atoms with Crippen LogP contribution in [-0.4, -0.2) is 55.5 Å². The first-order valence-corrected chi connectivity index (χ1v) is 11.4. The molecule has 0 unspecified atom stereocenters. The fourth-order valence-corrected chi connectivity index (χ4v) is 3.62. The highest BCUT2D eigenvalue weighted by atomic mass is 16.5. The molecule has 30 heavy (non-hydrogen) atoms. The van der Waals surface area contributed by atoms with Crippen molar-refractivity contribution in [2.24, 2.45) is 23.5 Å². The van der Waals surface area contributed by atoms with Crippen molar-refractivity contribution in [2.45, 2.75) is 91.7 Å². The van der Waals surface area contributed by atoms with Crippen LogP contribution in [0.5, 0.6) is 0 Å². The van der Waals surface area contributed by atoms with Gasteiger partial charge in [0.05, 0.1) is 18.6 Å². The van der Waals surface area contributed by atoms with Crippen molar-refractivity contribution < 1.29 is 19.1 Å². The minimum absolute atomic E-state index is 0.0645. The number of nitrogens with one attached hydrogen (secondary N) is 1. The topological polar surface area (TPSA) is 102 Å². The smallest absolute Gasteiger partial charge is 0.222 e. The Morgan fingerprint density at radius 1 is 1.03 bits per heavy atom. The molecule has 7 heteroatoms. The molecule has 3 N–H and O–H groups in total. The number of nitrogens with zero attached hydrogens (tertiary/aromatic N) is 1. The van der Waals surface area contributed by atoms with Crippen LogP contribution in [0.1, 0.15) is 79.6 Å². The molecule has 3 amide bonds. The van der Waals surface area contributed by atoms with Gasteiger partial charge in [0.2, 0.25) is 17.7 Å². The van der Waals surface area contributed by atoms with Gasteiger partial charge in [-0.15, -0.1) is 0 Å². The largest absolute Gasteiger partial charge is 0.379 e. The number of rotatable bonds is 16. The molecule has 7 nitrogen and oxygen atoms in total. The van der Waals surface area contributed by atoms with E-state index in [2.05, 4.69) is 19.2 Å². The fourth-order valence-electron chi connectivity index (χ4n) is 3.62. The van der Waals surface area contributed by atoms with Crippen LogP contribution in [0, 0.1) is 17.8 Å². The summed E-state index contributed by atoms with van der Waals surface area (Å²) in [5.74, 6) is 0.161. The molecule has 176 valence electrons. The molecule has 0 aromatic heterocycles. The minimum atomic E-state index is -0.350. The van der Waals surface area contributed by atoms with Gasteiger partial charge in [-0.25, -0.2) is 0 Å². The second-order valence-corrected chi connectivity index (χ2v) is 8.96. The summed E-state index contributed by atoms with van der Waals surface area (Å²) in [6.45, 7) is 10.7. The number of primary amides is 1. The van der Waals surface area contributed by atoms with E-state index in [9.17, 15) is 14.4 Å². The molecule has 0 aromatic rings. The van der Waals surface area contributed by atoms with E-state index in [1.807, 2.05) is 27.8 Å². The van der Waals surface area contributed by atoms with E-state index in [1.54, 1.807) is 12.0 Å². The molecule has 0 aliphatic carbocycles. The maximum atomic E-state index is 12.6. The Morgan fingerprint density at radius 2 is 1.67 bits per heavy atom. The van der Waals surface area contributed by atoms with Crippen LogP contribution >= 0.6 is 0 Å². The first kappa shape index (κ1) is 28.4. The molecule has 4 atom stereocenters. The number of hydrogen-bond donors (Lipinski definition) is 2. The lowest BCUT2D eigenvalue weighted by Crippen LogP contribution is -2.50. The third-order valence-electron chi connectivity index (χ3n) is 5.84. The van der Waals surface area contributed by atoms with Gasteiger partial charge in [-0.3, -0.25) is 14.4 Å². The van der Waals surface area contributed by atoms with Crippen molar-refractivity contribution in [3.63, 3.8) is 0 Å². The van der Waals surface area contributed by atoms with Crippen molar-refractivity contribution in [1.29, 1.82) is 0 Å². The van der Waals surface area contributed by atoms with Crippen LogP contribution in [0.2, 0.25) is 0 Å². The zero-order valence-electron chi connectivity index (χ0n) is 20.2. The van der Waals surface area contributed by atoms with E-state index in [1.165, 1.54) is 0 Å². The number of carbonyl (C=O) groups excluding carboxylic acids is 3.